The average molecular weight is 364 g/mol. The minimum Gasteiger partial charge on any atom is -0.481 e. The van der Waals surface area contributed by atoms with Gasteiger partial charge in [0.1, 0.15) is 11.6 Å². The summed E-state index contributed by atoms with van der Waals surface area (Å²) in [6, 6.07) is 10.3. The molecule has 1 N–H and O–H groups in total. The molecular weight excluding hydrogens is 347 g/mol. The molecule has 7 nitrogen and oxygen atoms in total. The first-order chi connectivity index (χ1) is 13.2. The molecule has 0 saturated carbocycles. The Morgan fingerprint density at radius 1 is 1.07 bits per heavy atom. The van der Waals surface area contributed by atoms with Gasteiger partial charge >= 0.3 is 0 Å². The molecule has 0 amide bonds. The van der Waals surface area contributed by atoms with Crippen LogP contribution in [0.25, 0.3) is 16.9 Å². The Morgan fingerprint density at radius 2 is 1.96 bits per heavy atom. The Hall–Kier alpha value is -3.55. The lowest BCUT2D eigenvalue weighted by atomic mass is 10.2. The fourth-order valence-corrected chi connectivity index (χ4v) is 2.82. The largest absolute Gasteiger partial charge is 0.481 e. The fraction of sp³-hybridized carbons (Fsp3) is 0.158. The van der Waals surface area contributed by atoms with E-state index >= 15 is 0 Å². The smallest absolute Gasteiger partial charge is 0.222 e. The fourth-order valence-electron chi connectivity index (χ4n) is 2.82. The number of rotatable bonds is 5. The summed E-state index contributed by atoms with van der Waals surface area (Å²) in [6.45, 7) is 1.94. The average Bonchev–Trinajstić information content (AvgIpc) is 3.11. The summed E-state index contributed by atoms with van der Waals surface area (Å²) in [7, 11) is 1.58. The first kappa shape index (κ1) is 16.9. The molecule has 0 saturated heterocycles. The van der Waals surface area contributed by atoms with Gasteiger partial charge in [0.2, 0.25) is 5.88 Å². The van der Waals surface area contributed by atoms with Crippen LogP contribution in [0.5, 0.6) is 5.88 Å². The summed E-state index contributed by atoms with van der Waals surface area (Å²) < 4.78 is 20.1. The number of anilines is 1. The number of aromatic nitrogens is 5. The summed E-state index contributed by atoms with van der Waals surface area (Å²) >= 11 is 0. The number of halogens is 1. The van der Waals surface area contributed by atoms with Gasteiger partial charge in [-0.3, -0.25) is 4.98 Å². The van der Waals surface area contributed by atoms with Crippen molar-refractivity contribution in [2.24, 2.45) is 0 Å². The molecule has 27 heavy (non-hydrogen) atoms. The van der Waals surface area contributed by atoms with E-state index in [1.54, 1.807) is 30.1 Å². The summed E-state index contributed by atoms with van der Waals surface area (Å²) in [5.74, 6) is 0.783. The number of hydrogen-bond donors (Lipinski definition) is 1. The van der Waals surface area contributed by atoms with E-state index in [1.165, 1.54) is 12.3 Å². The van der Waals surface area contributed by atoms with Gasteiger partial charge in [0.05, 0.1) is 42.5 Å². The molecule has 4 aromatic rings. The van der Waals surface area contributed by atoms with Crippen molar-refractivity contribution in [2.75, 3.05) is 12.4 Å². The molecule has 4 heterocycles. The number of methoxy groups -OCH3 is 1. The van der Waals surface area contributed by atoms with Gasteiger partial charge in [-0.1, -0.05) is 0 Å². The summed E-state index contributed by atoms with van der Waals surface area (Å²) in [4.78, 5) is 12.7. The highest BCUT2D eigenvalue weighted by molar-refractivity contribution is 5.68. The maximum Gasteiger partial charge on any atom is 0.222 e. The summed E-state index contributed by atoms with van der Waals surface area (Å²) in [5.41, 5.74) is 2.99. The quantitative estimate of drug-likeness (QED) is 0.584. The van der Waals surface area contributed by atoms with Gasteiger partial charge in [0, 0.05) is 6.20 Å². The molecule has 0 spiro atoms. The number of nitrogens with zero attached hydrogens (tertiary/aromatic N) is 5. The van der Waals surface area contributed by atoms with Crippen molar-refractivity contribution >= 4 is 11.5 Å². The zero-order valence-corrected chi connectivity index (χ0v) is 14.8. The molecule has 1 atom stereocenters. The molecule has 0 aliphatic carbocycles. The number of hydrogen-bond acceptors (Lipinski definition) is 6. The van der Waals surface area contributed by atoms with Crippen LogP contribution in [0.1, 0.15) is 18.7 Å². The van der Waals surface area contributed by atoms with Gasteiger partial charge in [-0.25, -0.2) is 18.9 Å². The Balaban J connectivity index is 1.68. The number of fused-ring (bicyclic) bond motifs is 1. The van der Waals surface area contributed by atoms with Gasteiger partial charge < -0.3 is 10.1 Å². The molecular formula is C19H17FN6O. The third kappa shape index (κ3) is 3.29. The summed E-state index contributed by atoms with van der Waals surface area (Å²) in [6.07, 6.45) is 4.60. The van der Waals surface area contributed by atoms with Crippen LogP contribution < -0.4 is 10.1 Å². The molecule has 0 aliphatic rings. The Labute approximate surface area is 154 Å². The Kier molecular flexibility index (Phi) is 4.37. The topological polar surface area (TPSA) is 77.2 Å². The van der Waals surface area contributed by atoms with Crippen LogP contribution in [0.3, 0.4) is 0 Å². The zero-order chi connectivity index (χ0) is 18.8. The van der Waals surface area contributed by atoms with Crippen molar-refractivity contribution in [3.63, 3.8) is 0 Å². The molecule has 0 aliphatic heterocycles. The normalized spacial score (nSPS) is 12.1. The second-order valence-corrected chi connectivity index (χ2v) is 5.96. The minimum absolute atomic E-state index is 0.143. The minimum atomic E-state index is -0.362. The summed E-state index contributed by atoms with van der Waals surface area (Å²) in [5, 5.41) is 7.90. The lowest BCUT2D eigenvalue weighted by Crippen LogP contribution is -2.11. The standard InChI is InChI=1S/C19H17FN6O/c1-12(15-6-5-13(20)10-22-15)24-17-7-8-18-23-11-16(26(18)25-17)14-4-3-9-21-19(14)27-2/h3-12H,1-2H3,(H,24,25)/t12-/m0/s1. The van der Waals surface area contributed by atoms with Crippen molar-refractivity contribution in [2.45, 2.75) is 13.0 Å². The number of pyridine rings is 2. The number of imidazole rings is 1. The van der Waals surface area contributed by atoms with Crippen LogP contribution >= 0.6 is 0 Å². The number of ether oxygens (including phenoxy) is 1. The molecule has 0 bridgehead atoms. The van der Waals surface area contributed by atoms with Gasteiger partial charge in [-0.15, -0.1) is 5.10 Å². The highest BCUT2D eigenvalue weighted by atomic mass is 19.1. The molecule has 4 aromatic heterocycles. The van der Waals surface area contributed by atoms with E-state index in [1.807, 2.05) is 31.2 Å². The molecule has 4 rings (SSSR count). The molecule has 0 unspecified atom stereocenters. The van der Waals surface area contributed by atoms with Crippen LogP contribution in [0.2, 0.25) is 0 Å². The van der Waals surface area contributed by atoms with Gasteiger partial charge in [-0.2, -0.15) is 0 Å². The third-order valence-corrected chi connectivity index (χ3v) is 4.16. The second kappa shape index (κ2) is 6.99. The van der Waals surface area contributed by atoms with Crippen LogP contribution in [0.4, 0.5) is 10.2 Å². The predicted molar refractivity (Wildman–Crippen MR) is 99.0 cm³/mol. The highest BCUT2D eigenvalue weighted by Gasteiger charge is 2.14. The third-order valence-electron chi connectivity index (χ3n) is 4.16. The second-order valence-electron chi connectivity index (χ2n) is 5.96. The monoisotopic (exact) mass is 364 g/mol. The molecule has 8 heteroatoms. The van der Waals surface area contributed by atoms with E-state index in [0.717, 1.165) is 17.0 Å². The van der Waals surface area contributed by atoms with Gasteiger partial charge in [0.15, 0.2) is 5.65 Å². The lowest BCUT2D eigenvalue weighted by molar-refractivity contribution is 0.399. The Bertz CT molecular complexity index is 1080. The van der Waals surface area contributed by atoms with E-state index in [2.05, 4.69) is 25.4 Å². The maximum absolute atomic E-state index is 13.1. The van der Waals surface area contributed by atoms with E-state index in [4.69, 9.17) is 4.74 Å². The molecule has 0 aromatic carbocycles. The van der Waals surface area contributed by atoms with Crippen LogP contribution in [-0.4, -0.2) is 31.7 Å². The van der Waals surface area contributed by atoms with E-state index in [-0.39, 0.29) is 11.9 Å². The SMILES string of the molecule is COc1ncccc1-c1cnc2ccc(N[C@@H](C)c3ccc(F)cn3)nn12. The van der Waals surface area contributed by atoms with E-state index < -0.39 is 0 Å². The van der Waals surface area contributed by atoms with Crippen molar-refractivity contribution in [3.8, 4) is 17.1 Å². The van der Waals surface area contributed by atoms with Crippen LogP contribution in [-0.2, 0) is 0 Å². The highest BCUT2D eigenvalue weighted by Crippen LogP contribution is 2.28. The van der Waals surface area contributed by atoms with Crippen molar-refractivity contribution in [3.05, 3.63) is 66.5 Å². The van der Waals surface area contributed by atoms with Crippen molar-refractivity contribution in [1.82, 2.24) is 24.6 Å². The molecule has 0 fully saturated rings. The zero-order valence-electron chi connectivity index (χ0n) is 14.8. The Morgan fingerprint density at radius 3 is 2.74 bits per heavy atom. The predicted octanol–water partition coefficient (Wildman–Crippen LogP) is 3.51. The van der Waals surface area contributed by atoms with E-state index in [0.29, 0.717) is 17.3 Å². The van der Waals surface area contributed by atoms with Crippen molar-refractivity contribution < 1.29 is 9.13 Å². The molecule has 136 valence electrons. The van der Waals surface area contributed by atoms with Crippen molar-refractivity contribution in [1.29, 1.82) is 0 Å². The van der Waals surface area contributed by atoms with Crippen LogP contribution in [0, 0.1) is 5.82 Å². The lowest BCUT2D eigenvalue weighted by Gasteiger charge is -2.14. The molecule has 0 radical (unpaired) electrons. The first-order valence-corrected chi connectivity index (χ1v) is 8.38. The van der Waals surface area contributed by atoms with Crippen LogP contribution in [0.15, 0.2) is 55.0 Å². The number of nitrogens with one attached hydrogen (secondary N) is 1. The van der Waals surface area contributed by atoms with Gasteiger partial charge in [0.25, 0.3) is 0 Å². The van der Waals surface area contributed by atoms with E-state index in [9.17, 15) is 4.39 Å². The first-order valence-electron chi connectivity index (χ1n) is 8.38. The maximum atomic E-state index is 13.1. The van der Waals surface area contributed by atoms with Gasteiger partial charge in [-0.05, 0) is 43.3 Å².